The molecule has 0 radical (unpaired) electrons. The van der Waals surface area contributed by atoms with E-state index in [2.05, 4.69) is 9.97 Å². The van der Waals surface area contributed by atoms with Crippen LogP contribution < -0.4 is 4.74 Å². The van der Waals surface area contributed by atoms with Crippen LogP contribution in [0.3, 0.4) is 0 Å². The van der Waals surface area contributed by atoms with Crippen molar-refractivity contribution in [3.05, 3.63) is 41.5 Å². The number of halogens is 3. The third-order valence-electron chi connectivity index (χ3n) is 3.85. The van der Waals surface area contributed by atoms with Gasteiger partial charge in [-0.25, -0.2) is 27.5 Å². The number of benzene rings is 1. The van der Waals surface area contributed by atoms with Crippen LogP contribution in [0, 0.1) is 6.92 Å². The largest absolute Gasteiger partial charge is 0.481 e. The fourth-order valence-corrected chi connectivity index (χ4v) is 3.05. The molecule has 0 atom stereocenters. The number of sulfonamides is 1. The third-order valence-corrected chi connectivity index (χ3v) is 5.58. The predicted molar refractivity (Wildman–Crippen MR) is 96.6 cm³/mol. The van der Waals surface area contributed by atoms with E-state index in [9.17, 15) is 26.4 Å². The van der Waals surface area contributed by atoms with Gasteiger partial charge in [0.1, 0.15) is 17.3 Å². The van der Waals surface area contributed by atoms with Gasteiger partial charge in [0.15, 0.2) is 6.61 Å². The minimum absolute atomic E-state index is 0.0278. The maximum absolute atomic E-state index is 13.1. The predicted octanol–water partition coefficient (Wildman–Crippen LogP) is 2.33. The summed E-state index contributed by atoms with van der Waals surface area (Å²) in [5.74, 6) is -1.90. The van der Waals surface area contributed by atoms with Crippen molar-refractivity contribution in [1.29, 1.82) is 0 Å². The van der Waals surface area contributed by atoms with Crippen molar-refractivity contribution in [3.8, 4) is 16.9 Å². The van der Waals surface area contributed by atoms with Gasteiger partial charge in [0, 0.05) is 37.1 Å². The molecule has 2 rings (SSSR count). The molecule has 1 heterocycles. The molecule has 0 unspecified atom stereocenters. The van der Waals surface area contributed by atoms with Gasteiger partial charge < -0.3 is 9.84 Å². The fourth-order valence-electron chi connectivity index (χ4n) is 2.32. The van der Waals surface area contributed by atoms with Crippen LogP contribution in [0.25, 0.3) is 11.1 Å². The summed E-state index contributed by atoms with van der Waals surface area (Å²) in [4.78, 5) is 18.8. The summed E-state index contributed by atoms with van der Waals surface area (Å²) in [6, 6.07) is 2.60. The Kier molecular flexibility index (Phi) is 6.48. The summed E-state index contributed by atoms with van der Waals surface area (Å²) in [5.41, 5.74) is -0.652. The first-order valence-corrected chi connectivity index (χ1v) is 9.71. The lowest BCUT2D eigenvalue weighted by Crippen LogP contribution is -2.24. The molecule has 1 aromatic heterocycles. The second kappa shape index (κ2) is 8.33. The topological polar surface area (TPSA) is 110 Å². The van der Waals surface area contributed by atoms with Gasteiger partial charge in [0.05, 0.1) is 5.56 Å². The molecule has 0 aliphatic rings. The van der Waals surface area contributed by atoms with Crippen LogP contribution in [0.5, 0.6) is 5.75 Å². The lowest BCUT2D eigenvalue weighted by Gasteiger charge is -2.16. The van der Waals surface area contributed by atoms with E-state index in [-0.39, 0.29) is 28.4 Å². The van der Waals surface area contributed by atoms with Crippen LogP contribution in [0.2, 0.25) is 0 Å². The van der Waals surface area contributed by atoms with Gasteiger partial charge in [-0.1, -0.05) is 0 Å². The van der Waals surface area contributed by atoms with Crippen molar-refractivity contribution in [2.75, 3.05) is 20.7 Å². The van der Waals surface area contributed by atoms with Crippen LogP contribution in [-0.2, 0) is 26.7 Å². The molecule has 8 nitrogen and oxygen atoms in total. The van der Waals surface area contributed by atoms with E-state index in [0.717, 1.165) is 22.5 Å². The molecule has 0 fully saturated rings. The highest BCUT2D eigenvalue weighted by Gasteiger charge is 2.31. The molecule has 29 heavy (non-hydrogen) atoms. The van der Waals surface area contributed by atoms with Crippen LogP contribution >= 0.6 is 0 Å². The maximum atomic E-state index is 13.1. The van der Waals surface area contributed by atoms with E-state index in [4.69, 9.17) is 9.84 Å². The van der Waals surface area contributed by atoms with E-state index in [1.165, 1.54) is 27.2 Å². The molecular weight excluding hydrogens is 415 g/mol. The number of carboxylic acid groups (broad SMARTS) is 1. The Hall–Kier alpha value is -2.73. The lowest BCUT2D eigenvalue weighted by molar-refractivity contribution is -0.140. The number of carboxylic acids is 1. The highest BCUT2D eigenvalue weighted by molar-refractivity contribution is 7.88. The van der Waals surface area contributed by atoms with Gasteiger partial charge in [0.25, 0.3) is 0 Å². The van der Waals surface area contributed by atoms with Crippen LogP contribution in [-0.4, -0.2) is 54.5 Å². The molecule has 0 aliphatic carbocycles. The molecule has 0 saturated heterocycles. The molecule has 1 N–H and O–H groups in total. The van der Waals surface area contributed by atoms with Crippen LogP contribution in [0.1, 0.15) is 17.1 Å². The number of nitrogens with zero attached hydrogens (tertiary/aromatic N) is 3. The van der Waals surface area contributed by atoms with Crippen molar-refractivity contribution in [2.24, 2.45) is 0 Å². The average molecular weight is 433 g/mol. The number of alkyl halides is 3. The Morgan fingerprint density at radius 2 is 1.90 bits per heavy atom. The summed E-state index contributed by atoms with van der Waals surface area (Å²) in [5, 5.41) is 8.77. The molecular formula is C17H18F3N3O5S. The maximum Gasteiger partial charge on any atom is 0.416 e. The summed E-state index contributed by atoms with van der Waals surface area (Å²) >= 11 is 0. The van der Waals surface area contributed by atoms with Gasteiger partial charge in [-0.15, -0.1) is 0 Å². The lowest BCUT2D eigenvalue weighted by atomic mass is 10.0. The molecule has 1 aromatic carbocycles. The summed E-state index contributed by atoms with van der Waals surface area (Å²) in [7, 11) is -0.923. The Balaban J connectivity index is 2.52. The number of aliphatic carboxylic acids is 1. The molecule has 0 spiro atoms. The molecule has 2 aromatic rings. The number of rotatable bonds is 7. The van der Waals surface area contributed by atoms with E-state index < -0.39 is 40.1 Å². The summed E-state index contributed by atoms with van der Waals surface area (Å²) in [6.07, 6.45) is -3.44. The number of hydrogen-bond acceptors (Lipinski definition) is 6. The van der Waals surface area contributed by atoms with Crippen LogP contribution in [0.15, 0.2) is 24.4 Å². The SMILES string of the molecule is Cc1nc(CS(=O)(=O)N(C)C)ncc1-c1cc(C(F)(F)F)ccc1OCC(=O)O. The van der Waals surface area contributed by atoms with Crippen molar-refractivity contribution in [2.45, 2.75) is 18.9 Å². The number of aromatic nitrogens is 2. The second-order valence-electron chi connectivity index (χ2n) is 6.22. The second-order valence-corrected chi connectivity index (χ2v) is 8.40. The summed E-state index contributed by atoms with van der Waals surface area (Å²) < 4.78 is 69.4. The fraction of sp³-hybridized carbons (Fsp3) is 0.353. The normalized spacial score (nSPS) is 12.2. The van der Waals surface area contributed by atoms with E-state index in [0.29, 0.717) is 0 Å². The van der Waals surface area contributed by atoms with E-state index >= 15 is 0 Å². The minimum Gasteiger partial charge on any atom is -0.481 e. The molecule has 158 valence electrons. The van der Waals surface area contributed by atoms with Gasteiger partial charge in [-0.2, -0.15) is 13.2 Å². The van der Waals surface area contributed by atoms with E-state index in [1.807, 2.05) is 0 Å². The minimum atomic E-state index is -4.63. The van der Waals surface area contributed by atoms with Crippen molar-refractivity contribution >= 4 is 16.0 Å². The van der Waals surface area contributed by atoms with Crippen molar-refractivity contribution < 1.29 is 36.2 Å². The van der Waals surface area contributed by atoms with E-state index in [1.54, 1.807) is 0 Å². The molecule has 0 saturated carbocycles. The number of hydrogen-bond donors (Lipinski definition) is 1. The molecule has 0 bridgehead atoms. The van der Waals surface area contributed by atoms with Crippen molar-refractivity contribution in [3.63, 3.8) is 0 Å². The molecule has 0 amide bonds. The standard InChI is InChI=1S/C17H18F3N3O5S/c1-10-13(7-21-15(22-10)9-29(26,27)23(2)3)12-6-11(17(18,19)20)4-5-14(12)28-8-16(24)25/h4-7H,8-9H2,1-3H3,(H,24,25). The monoisotopic (exact) mass is 433 g/mol. The van der Waals surface area contributed by atoms with Gasteiger partial charge in [-0.05, 0) is 25.1 Å². The smallest absolute Gasteiger partial charge is 0.416 e. The van der Waals surface area contributed by atoms with Crippen LogP contribution in [0.4, 0.5) is 13.2 Å². The zero-order chi connectivity index (χ0) is 22.0. The van der Waals surface area contributed by atoms with Gasteiger partial charge >= 0.3 is 12.1 Å². The molecule has 0 aliphatic heterocycles. The molecule has 12 heteroatoms. The quantitative estimate of drug-likeness (QED) is 0.714. The number of ether oxygens (including phenoxy) is 1. The highest BCUT2D eigenvalue weighted by Crippen LogP contribution is 2.38. The first-order valence-electron chi connectivity index (χ1n) is 8.10. The van der Waals surface area contributed by atoms with Gasteiger partial charge in [0.2, 0.25) is 10.0 Å². The highest BCUT2D eigenvalue weighted by atomic mass is 32.2. The van der Waals surface area contributed by atoms with Crippen molar-refractivity contribution in [1.82, 2.24) is 14.3 Å². The zero-order valence-corrected chi connectivity index (χ0v) is 16.5. The Morgan fingerprint density at radius 3 is 2.41 bits per heavy atom. The first-order chi connectivity index (χ1) is 13.3. The Labute approximate surface area is 165 Å². The van der Waals surface area contributed by atoms with Gasteiger partial charge in [-0.3, -0.25) is 0 Å². The Morgan fingerprint density at radius 1 is 1.24 bits per heavy atom. The Bertz CT molecular complexity index is 1020. The average Bonchev–Trinajstić information content (AvgIpc) is 2.58. The number of aryl methyl sites for hydroxylation is 1. The number of carbonyl (C=O) groups is 1. The third kappa shape index (κ3) is 5.64. The summed E-state index contributed by atoms with van der Waals surface area (Å²) in [6.45, 7) is 0.724. The zero-order valence-electron chi connectivity index (χ0n) is 15.7. The first kappa shape index (κ1) is 22.6.